The Hall–Kier alpha value is -2.94. The van der Waals surface area contributed by atoms with Gasteiger partial charge < -0.3 is 25.6 Å². The number of nitrogens with one attached hydrogen (secondary N) is 2. The molecular formula is C29H34F7N3O4. The predicted octanol–water partition coefficient (Wildman–Crippen LogP) is 5.26. The van der Waals surface area contributed by atoms with Gasteiger partial charge in [-0.25, -0.2) is 9.18 Å². The van der Waals surface area contributed by atoms with E-state index in [0.717, 1.165) is 30.5 Å². The number of piperidine rings is 1. The minimum Gasteiger partial charge on any atom is -0.388 e. The quantitative estimate of drug-likeness (QED) is 0.302. The molecule has 0 atom stereocenters. The van der Waals surface area contributed by atoms with E-state index < -0.39 is 41.0 Å². The number of likely N-dealkylation sites (tertiary alicyclic amines) is 1. The van der Waals surface area contributed by atoms with E-state index in [2.05, 4.69) is 10.6 Å². The Balaban J connectivity index is 1.24. The summed E-state index contributed by atoms with van der Waals surface area (Å²) < 4.78 is 98.6. The van der Waals surface area contributed by atoms with Crippen molar-refractivity contribution >= 4 is 11.7 Å². The van der Waals surface area contributed by atoms with Crippen LogP contribution in [0.25, 0.3) is 0 Å². The predicted molar refractivity (Wildman–Crippen MR) is 143 cm³/mol. The smallest absolute Gasteiger partial charge is 0.388 e. The van der Waals surface area contributed by atoms with Crippen LogP contribution >= 0.6 is 0 Å². The molecule has 7 nitrogen and oxygen atoms in total. The van der Waals surface area contributed by atoms with Crippen molar-refractivity contribution < 1.29 is 50.5 Å². The van der Waals surface area contributed by atoms with Gasteiger partial charge in [0.15, 0.2) is 0 Å². The molecule has 2 aromatic carbocycles. The number of ether oxygens (including phenoxy) is 1. The molecule has 2 aromatic rings. The molecule has 2 aliphatic rings. The summed E-state index contributed by atoms with van der Waals surface area (Å²) in [5, 5.41) is 25.0. The zero-order chi connectivity index (χ0) is 31.5. The third kappa shape index (κ3) is 7.97. The number of urea groups is 1. The summed E-state index contributed by atoms with van der Waals surface area (Å²) in [7, 11) is 0. The zero-order valence-electron chi connectivity index (χ0n) is 23.2. The molecule has 14 heteroatoms. The monoisotopic (exact) mass is 621 g/mol. The molecule has 0 aliphatic carbocycles. The summed E-state index contributed by atoms with van der Waals surface area (Å²) in [6, 6.07) is 7.52. The number of benzene rings is 2. The van der Waals surface area contributed by atoms with E-state index in [-0.39, 0.29) is 18.2 Å². The highest BCUT2D eigenvalue weighted by Gasteiger charge is 2.71. The van der Waals surface area contributed by atoms with E-state index in [0.29, 0.717) is 69.8 Å². The number of rotatable bonds is 8. The number of alkyl halides is 6. The number of aliphatic hydroxyl groups is 2. The molecule has 2 amide bonds. The second-order valence-corrected chi connectivity index (χ2v) is 11.3. The van der Waals surface area contributed by atoms with Gasteiger partial charge in [-0.05, 0) is 61.5 Å². The highest BCUT2D eigenvalue weighted by molar-refractivity contribution is 5.89. The number of halogens is 7. The molecule has 2 fully saturated rings. The van der Waals surface area contributed by atoms with Crippen LogP contribution in [0.15, 0.2) is 42.5 Å². The third-order valence-electron chi connectivity index (χ3n) is 8.11. The first-order valence-corrected chi connectivity index (χ1v) is 13.9. The Morgan fingerprint density at radius 2 is 1.53 bits per heavy atom. The van der Waals surface area contributed by atoms with Crippen LogP contribution in [-0.2, 0) is 23.3 Å². The molecule has 0 bridgehead atoms. The highest BCUT2D eigenvalue weighted by Crippen LogP contribution is 2.50. The van der Waals surface area contributed by atoms with Crippen LogP contribution in [0.5, 0.6) is 0 Å². The molecule has 4 rings (SSSR count). The molecule has 0 unspecified atom stereocenters. The van der Waals surface area contributed by atoms with Gasteiger partial charge in [0.25, 0.3) is 5.60 Å². The first-order valence-electron chi connectivity index (χ1n) is 13.9. The summed E-state index contributed by atoms with van der Waals surface area (Å²) in [4.78, 5) is 14.2. The molecule has 4 N–H and O–H groups in total. The van der Waals surface area contributed by atoms with E-state index in [9.17, 15) is 45.7 Å². The molecule has 0 saturated carbocycles. The Morgan fingerprint density at radius 3 is 2.09 bits per heavy atom. The van der Waals surface area contributed by atoms with Gasteiger partial charge in [-0.15, -0.1) is 0 Å². The lowest BCUT2D eigenvalue weighted by atomic mass is 9.89. The maximum Gasteiger partial charge on any atom is 0.430 e. The van der Waals surface area contributed by atoms with Crippen molar-refractivity contribution in [1.82, 2.24) is 10.2 Å². The van der Waals surface area contributed by atoms with Crippen LogP contribution in [0.2, 0.25) is 0 Å². The van der Waals surface area contributed by atoms with Gasteiger partial charge in [0.05, 0.1) is 11.3 Å². The van der Waals surface area contributed by atoms with Gasteiger partial charge in [-0.2, -0.15) is 26.3 Å². The number of amides is 2. The third-order valence-corrected chi connectivity index (χ3v) is 8.11. The average molecular weight is 622 g/mol. The second-order valence-electron chi connectivity index (χ2n) is 11.3. The first kappa shape index (κ1) is 33.0. The zero-order valence-corrected chi connectivity index (χ0v) is 23.2. The van der Waals surface area contributed by atoms with Gasteiger partial charge in [0, 0.05) is 44.7 Å². The normalized spacial score (nSPS) is 18.8. The molecule has 0 spiro atoms. The van der Waals surface area contributed by atoms with E-state index in [1.165, 1.54) is 12.1 Å². The van der Waals surface area contributed by atoms with Crippen LogP contribution in [0.4, 0.5) is 41.2 Å². The summed E-state index contributed by atoms with van der Waals surface area (Å²) in [5.41, 5.74) is -6.05. The van der Waals surface area contributed by atoms with E-state index in [1.54, 1.807) is 6.07 Å². The second kappa shape index (κ2) is 13.0. The average Bonchev–Trinajstić information content (AvgIpc) is 2.94. The van der Waals surface area contributed by atoms with Crippen LogP contribution in [-0.4, -0.2) is 71.9 Å². The lowest BCUT2D eigenvalue weighted by Gasteiger charge is -2.33. The van der Waals surface area contributed by atoms with Gasteiger partial charge in [-0.1, -0.05) is 30.3 Å². The fourth-order valence-electron chi connectivity index (χ4n) is 5.41. The fourth-order valence-corrected chi connectivity index (χ4v) is 5.41. The first-order chi connectivity index (χ1) is 20.1. The van der Waals surface area contributed by atoms with E-state index >= 15 is 0 Å². The largest absolute Gasteiger partial charge is 0.430 e. The summed E-state index contributed by atoms with van der Waals surface area (Å²) >= 11 is 0. The van der Waals surface area contributed by atoms with Crippen molar-refractivity contribution in [2.24, 2.45) is 5.92 Å². The number of hydrogen-bond donors (Lipinski definition) is 4. The van der Waals surface area contributed by atoms with Crippen LogP contribution < -0.4 is 10.6 Å². The standard InChI is InChI=1S/C29H34F7N3O4/c30-23-16-21(3-6-24(23)38-25(40)37-18-26(41)9-13-43-14-10-26)15-19-7-11-39(12-8-19)17-20-1-4-22(5-2-20)27(42,28(31,32)33)29(34,35)36/h1-6,16,19,41-42H,7-15,17-18H2,(H2,37,38,40). The molecule has 43 heavy (non-hydrogen) atoms. The SMILES string of the molecule is O=C(NCC1(O)CCOCC1)Nc1ccc(CC2CCN(Cc3ccc(C(O)(C(F)(F)F)C(F)(F)F)cc3)CC2)cc1F. The van der Waals surface area contributed by atoms with Crippen molar-refractivity contribution in [2.75, 3.05) is 38.2 Å². The molecule has 2 aliphatic heterocycles. The van der Waals surface area contributed by atoms with Crippen molar-refractivity contribution in [3.05, 3.63) is 65.0 Å². The minimum absolute atomic E-state index is 0.00459. The number of hydrogen-bond acceptors (Lipinski definition) is 5. The van der Waals surface area contributed by atoms with E-state index in [4.69, 9.17) is 4.74 Å². The molecule has 2 heterocycles. The van der Waals surface area contributed by atoms with Gasteiger partial charge in [0.1, 0.15) is 5.82 Å². The van der Waals surface area contributed by atoms with Crippen molar-refractivity contribution in [1.29, 1.82) is 0 Å². The Bertz CT molecular complexity index is 1230. The molecular weight excluding hydrogens is 587 g/mol. The molecule has 238 valence electrons. The number of carbonyl (C=O) groups excluding carboxylic acids is 1. The van der Waals surface area contributed by atoms with Crippen LogP contribution in [0, 0.1) is 11.7 Å². The minimum atomic E-state index is -5.93. The van der Waals surface area contributed by atoms with Crippen molar-refractivity contribution in [3.8, 4) is 0 Å². The fraction of sp³-hybridized carbons (Fsp3) is 0.552. The summed E-state index contributed by atoms with van der Waals surface area (Å²) in [6.07, 6.45) is -8.99. The van der Waals surface area contributed by atoms with Crippen LogP contribution in [0.1, 0.15) is 42.4 Å². The van der Waals surface area contributed by atoms with Crippen molar-refractivity contribution in [2.45, 2.75) is 62.2 Å². The molecule has 0 radical (unpaired) electrons. The topological polar surface area (TPSA) is 94.1 Å². The van der Waals surface area contributed by atoms with Gasteiger partial charge in [0.2, 0.25) is 0 Å². The van der Waals surface area contributed by atoms with Gasteiger partial charge >= 0.3 is 18.4 Å². The number of carbonyl (C=O) groups is 1. The summed E-state index contributed by atoms with van der Waals surface area (Å²) in [5.74, 6) is -0.366. The molecule has 2 saturated heterocycles. The lowest BCUT2D eigenvalue weighted by molar-refractivity contribution is -0.376. The Morgan fingerprint density at radius 1 is 0.953 bits per heavy atom. The van der Waals surface area contributed by atoms with Gasteiger partial charge in [-0.3, -0.25) is 4.90 Å². The summed E-state index contributed by atoms with van der Waals surface area (Å²) in [6.45, 7) is 2.39. The number of nitrogens with zero attached hydrogens (tertiary/aromatic N) is 1. The lowest BCUT2D eigenvalue weighted by Crippen LogP contribution is -2.53. The molecule has 0 aromatic heterocycles. The Kier molecular flexibility index (Phi) is 9.94. The Labute approximate surface area is 244 Å². The maximum absolute atomic E-state index is 14.7. The highest BCUT2D eigenvalue weighted by atomic mass is 19.4. The maximum atomic E-state index is 14.7. The number of anilines is 1. The van der Waals surface area contributed by atoms with E-state index in [1.807, 2.05) is 4.90 Å². The van der Waals surface area contributed by atoms with Crippen molar-refractivity contribution in [3.63, 3.8) is 0 Å². The van der Waals surface area contributed by atoms with Crippen LogP contribution in [0.3, 0.4) is 0 Å².